The summed E-state index contributed by atoms with van der Waals surface area (Å²) in [7, 11) is 0. The van der Waals surface area contributed by atoms with Crippen LogP contribution in [0.3, 0.4) is 0 Å². The normalized spacial score (nSPS) is 10.8. The summed E-state index contributed by atoms with van der Waals surface area (Å²) in [5, 5.41) is 12.0. The second-order valence-electron chi connectivity index (χ2n) is 4.50. The second-order valence-corrected chi connectivity index (χ2v) is 4.91. The van der Waals surface area contributed by atoms with Crippen LogP contribution in [-0.4, -0.2) is 5.91 Å². The van der Waals surface area contributed by atoms with E-state index in [2.05, 4.69) is 5.32 Å². The van der Waals surface area contributed by atoms with Gasteiger partial charge in [-0.05, 0) is 24.6 Å². The van der Waals surface area contributed by atoms with Crippen LogP contribution in [0, 0.1) is 16.7 Å². The van der Waals surface area contributed by atoms with Crippen LogP contribution < -0.4 is 5.32 Å². The Morgan fingerprint density at radius 3 is 2.71 bits per heavy atom. The highest BCUT2D eigenvalue weighted by atomic mass is 35.5. The lowest BCUT2D eigenvalue weighted by atomic mass is 9.89. The predicted octanol–water partition coefficient (Wildman–Crippen LogP) is 3.59. The Kier molecular flexibility index (Phi) is 4.14. The zero-order valence-electron chi connectivity index (χ0n) is 10.2. The number of nitriles is 1. The summed E-state index contributed by atoms with van der Waals surface area (Å²) in [4.78, 5) is 12.0. The first-order valence-electron chi connectivity index (χ1n) is 5.42. The largest absolute Gasteiger partial charge is 0.324 e. The molecule has 0 fully saturated rings. The van der Waals surface area contributed by atoms with E-state index < -0.39 is 5.41 Å². The highest BCUT2D eigenvalue weighted by Crippen LogP contribution is 2.27. The SMILES string of the molecule is CCC(C)(C)C(=O)Nc1cc(C#N)ccc1Cl. The summed E-state index contributed by atoms with van der Waals surface area (Å²) < 4.78 is 0. The van der Waals surface area contributed by atoms with Crippen LogP contribution in [0.25, 0.3) is 0 Å². The Bertz CT molecular complexity index is 475. The van der Waals surface area contributed by atoms with Gasteiger partial charge in [-0.1, -0.05) is 32.4 Å². The summed E-state index contributed by atoms with van der Waals surface area (Å²) in [5.74, 6) is -0.100. The van der Waals surface area contributed by atoms with Crippen molar-refractivity contribution >= 4 is 23.2 Å². The first kappa shape index (κ1) is 13.5. The third-order valence-electron chi connectivity index (χ3n) is 2.84. The molecule has 17 heavy (non-hydrogen) atoms. The smallest absolute Gasteiger partial charge is 0.230 e. The molecule has 4 heteroatoms. The molecule has 1 N–H and O–H groups in total. The van der Waals surface area contributed by atoms with Crippen molar-refractivity contribution in [2.45, 2.75) is 27.2 Å². The van der Waals surface area contributed by atoms with E-state index >= 15 is 0 Å². The predicted molar refractivity (Wildman–Crippen MR) is 68.9 cm³/mol. The number of nitrogens with zero attached hydrogens (tertiary/aromatic N) is 1. The quantitative estimate of drug-likeness (QED) is 0.891. The van der Waals surface area contributed by atoms with Crippen LogP contribution in [-0.2, 0) is 4.79 Å². The molecule has 0 aliphatic heterocycles. The number of benzene rings is 1. The molecular formula is C13H15ClN2O. The summed E-state index contributed by atoms with van der Waals surface area (Å²) in [5.41, 5.74) is 0.502. The molecule has 0 aromatic heterocycles. The van der Waals surface area contributed by atoms with Crippen molar-refractivity contribution in [1.82, 2.24) is 0 Å². The second kappa shape index (κ2) is 5.20. The van der Waals surface area contributed by atoms with E-state index in [-0.39, 0.29) is 5.91 Å². The van der Waals surface area contributed by atoms with Crippen molar-refractivity contribution in [2.24, 2.45) is 5.41 Å². The molecule has 90 valence electrons. The van der Waals surface area contributed by atoms with Gasteiger partial charge in [-0.25, -0.2) is 0 Å². The fourth-order valence-electron chi connectivity index (χ4n) is 1.14. The van der Waals surface area contributed by atoms with Crippen LogP contribution in [0.2, 0.25) is 5.02 Å². The number of hydrogen-bond donors (Lipinski definition) is 1. The maximum absolute atomic E-state index is 12.0. The number of nitrogens with one attached hydrogen (secondary N) is 1. The van der Waals surface area contributed by atoms with E-state index in [1.807, 2.05) is 26.8 Å². The van der Waals surface area contributed by atoms with Crippen LogP contribution in [0.15, 0.2) is 18.2 Å². The molecular weight excluding hydrogens is 236 g/mol. The van der Waals surface area contributed by atoms with Crippen molar-refractivity contribution in [3.8, 4) is 6.07 Å². The Morgan fingerprint density at radius 2 is 2.18 bits per heavy atom. The summed E-state index contributed by atoms with van der Waals surface area (Å²) in [6, 6.07) is 6.81. The van der Waals surface area contributed by atoms with E-state index in [1.54, 1.807) is 18.2 Å². The average molecular weight is 251 g/mol. The molecule has 3 nitrogen and oxygen atoms in total. The molecule has 1 aromatic carbocycles. The zero-order chi connectivity index (χ0) is 13.1. The summed E-state index contributed by atoms with van der Waals surface area (Å²) in [6.45, 7) is 5.68. The molecule has 0 aliphatic rings. The van der Waals surface area contributed by atoms with Gasteiger partial charge >= 0.3 is 0 Å². The molecule has 1 aromatic rings. The van der Waals surface area contributed by atoms with E-state index in [4.69, 9.17) is 16.9 Å². The lowest BCUT2D eigenvalue weighted by Gasteiger charge is -2.21. The van der Waals surface area contributed by atoms with Crippen molar-refractivity contribution in [3.05, 3.63) is 28.8 Å². The van der Waals surface area contributed by atoms with Gasteiger partial charge in [0.05, 0.1) is 22.3 Å². The van der Waals surface area contributed by atoms with Gasteiger partial charge in [0.15, 0.2) is 0 Å². The maximum Gasteiger partial charge on any atom is 0.230 e. The molecule has 0 heterocycles. The molecule has 0 saturated carbocycles. The fourth-order valence-corrected chi connectivity index (χ4v) is 1.31. The molecule has 1 rings (SSSR count). The number of hydrogen-bond acceptors (Lipinski definition) is 2. The van der Waals surface area contributed by atoms with Crippen LogP contribution in [0.1, 0.15) is 32.8 Å². The van der Waals surface area contributed by atoms with E-state index in [9.17, 15) is 4.79 Å². The van der Waals surface area contributed by atoms with E-state index in [0.717, 1.165) is 6.42 Å². The highest BCUT2D eigenvalue weighted by Gasteiger charge is 2.25. The van der Waals surface area contributed by atoms with Gasteiger partial charge in [-0.2, -0.15) is 5.26 Å². The number of halogens is 1. The Morgan fingerprint density at radius 1 is 1.53 bits per heavy atom. The minimum absolute atomic E-state index is 0.100. The first-order chi connectivity index (χ1) is 7.90. The molecule has 0 atom stereocenters. The average Bonchev–Trinajstić information content (AvgIpc) is 2.31. The zero-order valence-corrected chi connectivity index (χ0v) is 10.9. The topological polar surface area (TPSA) is 52.9 Å². The van der Waals surface area contributed by atoms with Gasteiger partial charge in [-0.3, -0.25) is 4.79 Å². The third-order valence-corrected chi connectivity index (χ3v) is 3.17. The maximum atomic E-state index is 12.0. The fraction of sp³-hybridized carbons (Fsp3) is 0.385. The van der Waals surface area contributed by atoms with Gasteiger partial charge in [0, 0.05) is 5.41 Å². The molecule has 0 radical (unpaired) electrons. The van der Waals surface area contributed by atoms with Crippen molar-refractivity contribution in [2.75, 3.05) is 5.32 Å². The Hall–Kier alpha value is -1.53. The molecule has 0 bridgehead atoms. The number of amides is 1. The van der Waals surface area contributed by atoms with Crippen LogP contribution >= 0.6 is 11.6 Å². The van der Waals surface area contributed by atoms with E-state index in [1.165, 1.54) is 0 Å². The van der Waals surface area contributed by atoms with Crippen LogP contribution in [0.5, 0.6) is 0 Å². The number of rotatable bonds is 3. The molecule has 0 spiro atoms. The summed E-state index contributed by atoms with van der Waals surface area (Å²) in [6.07, 6.45) is 0.731. The lowest BCUT2D eigenvalue weighted by molar-refractivity contribution is -0.124. The molecule has 0 saturated heterocycles. The van der Waals surface area contributed by atoms with Crippen molar-refractivity contribution in [1.29, 1.82) is 5.26 Å². The van der Waals surface area contributed by atoms with Crippen molar-refractivity contribution < 1.29 is 4.79 Å². The third kappa shape index (κ3) is 3.21. The Labute approximate surface area is 106 Å². The standard InChI is InChI=1S/C13H15ClN2O/c1-4-13(2,3)12(17)16-11-7-9(8-15)5-6-10(11)14/h5-7H,4H2,1-3H3,(H,16,17). The Balaban J connectivity index is 2.96. The molecule has 0 aliphatic carbocycles. The monoisotopic (exact) mass is 250 g/mol. The van der Waals surface area contributed by atoms with Gasteiger partial charge in [0.2, 0.25) is 5.91 Å². The minimum atomic E-state index is -0.452. The van der Waals surface area contributed by atoms with Gasteiger partial charge in [0.1, 0.15) is 0 Å². The van der Waals surface area contributed by atoms with E-state index in [0.29, 0.717) is 16.3 Å². The minimum Gasteiger partial charge on any atom is -0.324 e. The number of carbonyl (C=O) groups excluding carboxylic acids is 1. The molecule has 0 unspecified atom stereocenters. The van der Waals surface area contributed by atoms with Gasteiger partial charge in [0.25, 0.3) is 0 Å². The summed E-state index contributed by atoms with van der Waals surface area (Å²) >= 11 is 5.97. The van der Waals surface area contributed by atoms with Crippen molar-refractivity contribution in [3.63, 3.8) is 0 Å². The first-order valence-corrected chi connectivity index (χ1v) is 5.79. The van der Waals surface area contributed by atoms with Crippen LogP contribution in [0.4, 0.5) is 5.69 Å². The van der Waals surface area contributed by atoms with Gasteiger partial charge < -0.3 is 5.32 Å². The molecule has 1 amide bonds. The number of carbonyl (C=O) groups is 1. The number of anilines is 1. The highest BCUT2D eigenvalue weighted by molar-refractivity contribution is 6.33. The lowest BCUT2D eigenvalue weighted by Crippen LogP contribution is -2.30. The van der Waals surface area contributed by atoms with Gasteiger partial charge in [-0.15, -0.1) is 0 Å².